The van der Waals surface area contributed by atoms with Crippen molar-refractivity contribution in [3.8, 4) is 0 Å². The highest BCUT2D eigenvalue weighted by Crippen LogP contribution is 2.36. The molecule has 0 N–H and O–H groups in total. The predicted octanol–water partition coefficient (Wildman–Crippen LogP) is 5.70. The summed E-state index contributed by atoms with van der Waals surface area (Å²) in [5.74, 6) is -0.771. The van der Waals surface area contributed by atoms with Crippen molar-refractivity contribution < 1.29 is 14.3 Å². The molecule has 1 atom stereocenters. The molecule has 5 nitrogen and oxygen atoms in total. The maximum atomic E-state index is 13.6. The number of rotatable bonds is 8. The highest BCUT2D eigenvalue weighted by Gasteiger charge is 2.41. The van der Waals surface area contributed by atoms with Crippen LogP contribution >= 0.6 is 24.0 Å². The minimum atomic E-state index is -0.831. The first-order chi connectivity index (χ1) is 16.6. The molecule has 0 unspecified atom stereocenters. The summed E-state index contributed by atoms with van der Waals surface area (Å²) in [7, 11) is 0. The van der Waals surface area contributed by atoms with Gasteiger partial charge in [-0.2, -0.15) is 0 Å². The topological polar surface area (TPSA) is 49.9 Å². The maximum absolute atomic E-state index is 13.6. The Balaban J connectivity index is 1.68. The zero-order valence-electron chi connectivity index (χ0n) is 18.7. The molecule has 0 saturated carbocycles. The predicted molar refractivity (Wildman–Crippen MR) is 141 cm³/mol. The molecule has 1 saturated heterocycles. The van der Waals surface area contributed by atoms with Gasteiger partial charge in [0.1, 0.15) is 10.4 Å². The van der Waals surface area contributed by atoms with Crippen molar-refractivity contribution >= 4 is 51.6 Å². The number of anilines is 2. The molecule has 1 heterocycles. The number of carbonyl (C=O) groups is 2. The number of thiocarbonyl (C=S) groups is 1. The van der Waals surface area contributed by atoms with Gasteiger partial charge in [0.25, 0.3) is 5.91 Å². The highest BCUT2D eigenvalue weighted by atomic mass is 32.2. The van der Waals surface area contributed by atoms with Crippen molar-refractivity contribution in [2.75, 3.05) is 11.5 Å². The standard InChI is InChI=1S/C27H24N2O3S2/c1-2-32-26(31)23(18-20-12-6-3-7-13-20)29-25(30)24(34-27(29)33)19-28(21-14-8-4-9-15-21)22-16-10-5-11-17-22/h3-17,19,23H,2,18H2,1H3/b24-19-/t23-/m1/s1. The SMILES string of the molecule is CCOC(=O)[C@@H](Cc1ccccc1)N1C(=O)/C(=C/N(c2ccccc2)c2ccccc2)SC1=S. The molecule has 7 heteroatoms. The number of hydrogen-bond acceptors (Lipinski definition) is 6. The molecule has 0 bridgehead atoms. The third kappa shape index (κ3) is 5.38. The smallest absolute Gasteiger partial charge is 0.329 e. The maximum Gasteiger partial charge on any atom is 0.329 e. The second-order valence-corrected chi connectivity index (χ2v) is 9.21. The van der Waals surface area contributed by atoms with Gasteiger partial charge in [-0.25, -0.2) is 4.79 Å². The van der Waals surface area contributed by atoms with E-state index < -0.39 is 12.0 Å². The van der Waals surface area contributed by atoms with Crippen LogP contribution in [-0.4, -0.2) is 33.7 Å². The number of ether oxygens (including phenoxy) is 1. The van der Waals surface area contributed by atoms with Crippen LogP contribution in [0.2, 0.25) is 0 Å². The lowest BCUT2D eigenvalue weighted by molar-refractivity contribution is -0.150. The quantitative estimate of drug-likeness (QED) is 0.230. The molecule has 172 valence electrons. The largest absolute Gasteiger partial charge is 0.464 e. The normalized spacial score (nSPS) is 15.4. The Hall–Kier alpha value is -3.42. The highest BCUT2D eigenvalue weighted by molar-refractivity contribution is 8.26. The van der Waals surface area contributed by atoms with Gasteiger partial charge in [-0.15, -0.1) is 0 Å². The zero-order valence-corrected chi connectivity index (χ0v) is 20.3. The number of carbonyl (C=O) groups excluding carboxylic acids is 2. The number of nitrogens with zero attached hydrogens (tertiary/aromatic N) is 2. The lowest BCUT2D eigenvalue weighted by Gasteiger charge is -2.25. The van der Waals surface area contributed by atoms with E-state index in [0.717, 1.165) is 16.9 Å². The Labute approximate surface area is 209 Å². The fraction of sp³-hybridized carbons (Fsp3) is 0.148. The van der Waals surface area contributed by atoms with Crippen molar-refractivity contribution in [1.82, 2.24) is 4.90 Å². The van der Waals surface area contributed by atoms with Gasteiger partial charge in [0.05, 0.1) is 11.5 Å². The minimum Gasteiger partial charge on any atom is -0.464 e. The van der Waals surface area contributed by atoms with Crippen molar-refractivity contribution in [3.05, 3.63) is 108 Å². The number of para-hydroxylation sites is 2. The van der Waals surface area contributed by atoms with E-state index in [4.69, 9.17) is 17.0 Å². The van der Waals surface area contributed by atoms with Crippen LogP contribution in [0.4, 0.5) is 11.4 Å². The molecule has 4 rings (SSSR count). The van der Waals surface area contributed by atoms with Gasteiger partial charge in [0.2, 0.25) is 0 Å². The molecule has 1 amide bonds. The number of esters is 1. The van der Waals surface area contributed by atoms with E-state index in [2.05, 4.69) is 0 Å². The van der Waals surface area contributed by atoms with Gasteiger partial charge in [-0.05, 0) is 36.8 Å². The Bertz CT molecular complexity index is 1140. The monoisotopic (exact) mass is 488 g/mol. The summed E-state index contributed by atoms with van der Waals surface area (Å²) in [6.45, 7) is 1.98. The van der Waals surface area contributed by atoms with Crippen molar-refractivity contribution in [2.45, 2.75) is 19.4 Å². The van der Waals surface area contributed by atoms with Gasteiger partial charge < -0.3 is 9.64 Å². The van der Waals surface area contributed by atoms with Crippen LogP contribution in [-0.2, 0) is 20.7 Å². The Morgan fingerprint density at radius 2 is 1.50 bits per heavy atom. The minimum absolute atomic E-state index is 0.227. The van der Waals surface area contributed by atoms with Crippen LogP contribution in [0.25, 0.3) is 0 Å². The first-order valence-corrected chi connectivity index (χ1v) is 12.2. The van der Waals surface area contributed by atoms with E-state index in [1.54, 1.807) is 13.1 Å². The number of thioether (sulfide) groups is 1. The van der Waals surface area contributed by atoms with Crippen LogP contribution in [0, 0.1) is 0 Å². The van der Waals surface area contributed by atoms with Crippen LogP contribution in [0.3, 0.4) is 0 Å². The molecule has 34 heavy (non-hydrogen) atoms. The van der Waals surface area contributed by atoms with Crippen LogP contribution in [0.1, 0.15) is 12.5 Å². The third-order valence-electron chi connectivity index (χ3n) is 5.28. The lowest BCUT2D eigenvalue weighted by atomic mass is 10.0. The van der Waals surface area contributed by atoms with Crippen LogP contribution in [0.15, 0.2) is 102 Å². The van der Waals surface area contributed by atoms with E-state index in [-0.39, 0.29) is 12.5 Å². The molecular formula is C27H24N2O3S2. The Morgan fingerprint density at radius 3 is 2.03 bits per heavy atom. The number of amides is 1. The van der Waals surface area contributed by atoms with E-state index >= 15 is 0 Å². The Kier molecular flexibility index (Phi) is 7.77. The van der Waals surface area contributed by atoms with Gasteiger partial charge in [-0.1, -0.05) is 90.7 Å². The molecule has 1 aliphatic heterocycles. The van der Waals surface area contributed by atoms with Gasteiger partial charge in [0.15, 0.2) is 0 Å². The zero-order chi connectivity index (χ0) is 23.9. The van der Waals surface area contributed by atoms with Gasteiger partial charge >= 0.3 is 5.97 Å². The average molecular weight is 489 g/mol. The Morgan fingerprint density at radius 1 is 0.971 bits per heavy atom. The van der Waals surface area contributed by atoms with Crippen molar-refractivity contribution in [1.29, 1.82) is 0 Å². The molecule has 0 aliphatic carbocycles. The van der Waals surface area contributed by atoms with Crippen molar-refractivity contribution in [3.63, 3.8) is 0 Å². The molecule has 1 aliphatic rings. The summed E-state index contributed by atoms with van der Waals surface area (Å²) in [6.07, 6.45) is 2.11. The van der Waals surface area contributed by atoms with E-state index in [1.807, 2.05) is 95.9 Å². The molecule has 3 aromatic carbocycles. The summed E-state index contributed by atoms with van der Waals surface area (Å²) in [4.78, 5) is 30.2. The van der Waals surface area contributed by atoms with Crippen LogP contribution in [0.5, 0.6) is 0 Å². The van der Waals surface area contributed by atoms with Crippen molar-refractivity contribution in [2.24, 2.45) is 0 Å². The summed E-state index contributed by atoms with van der Waals surface area (Å²) in [6, 6.07) is 28.3. The van der Waals surface area contributed by atoms with E-state index in [0.29, 0.717) is 15.6 Å². The third-order valence-corrected chi connectivity index (χ3v) is 6.60. The molecular weight excluding hydrogens is 464 g/mol. The summed E-state index contributed by atoms with van der Waals surface area (Å²) in [5, 5.41) is 0. The van der Waals surface area contributed by atoms with Gasteiger partial charge in [0, 0.05) is 24.0 Å². The molecule has 0 radical (unpaired) electrons. The first-order valence-electron chi connectivity index (χ1n) is 11.0. The first kappa shape index (κ1) is 23.7. The molecule has 0 spiro atoms. The second kappa shape index (κ2) is 11.1. The summed E-state index contributed by atoms with van der Waals surface area (Å²) >= 11 is 6.77. The molecule has 0 aromatic heterocycles. The van der Waals surface area contributed by atoms with Crippen LogP contribution < -0.4 is 4.90 Å². The second-order valence-electron chi connectivity index (χ2n) is 7.54. The van der Waals surface area contributed by atoms with E-state index in [9.17, 15) is 9.59 Å². The average Bonchev–Trinajstić information content (AvgIpc) is 3.15. The molecule has 3 aromatic rings. The number of hydrogen-bond donors (Lipinski definition) is 0. The fourth-order valence-corrected chi connectivity index (χ4v) is 5.01. The summed E-state index contributed by atoms with van der Waals surface area (Å²) in [5.41, 5.74) is 2.74. The lowest BCUT2D eigenvalue weighted by Crippen LogP contribution is -2.46. The fourth-order valence-electron chi connectivity index (χ4n) is 3.69. The van der Waals surface area contributed by atoms with E-state index in [1.165, 1.54) is 16.7 Å². The summed E-state index contributed by atoms with van der Waals surface area (Å²) < 4.78 is 5.65. The number of benzene rings is 3. The molecule has 1 fully saturated rings. The van der Waals surface area contributed by atoms with Gasteiger partial charge in [-0.3, -0.25) is 9.69 Å².